The molecule has 2 rings (SSSR count). The van der Waals surface area contributed by atoms with Crippen LogP contribution in [0.2, 0.25) is 0 Å². The third-order valence-corrected chi connectivity index (χ3v) is 3.94. The SMILES string of the molecule is CC(N)=NC(=S)NC(=O)N1CCC(=Cc2ccc(OC(F)(F)F)cc2F)CC1. The van der Waals surface area contributed by atoms with Crippen molar-refractivity contribution in [3.63, 3.8) is 0 Å². The lowest BCUT2D eigenvalue weighted by molar-refractivity contribution is -0.274. The minimum Gasteiger partial charge on any atom is -0.406 e. The Labute approximate surface area is 164 Å². The number of urea groups is 1. The number of piperidine rings is 1. The van der Waals surface area contributed by atoms with Gasteiger partial charge in [0.05, 0.1) is 5.84 Å². The van der Waals surface area contributed by atoms with Gasteiger partial charge in [0.15, 0.2) is 0 Å². The number of rotatable bonds is 2. The van der Waals surface area contributed by atoms with Crippen LogP contribution in [0, 0.1) is 5.82 Å². The molecular weight excluding hydrogens is 400 g/mol. The normalized spacial score (nSPS) is 15.2. The molecule has 1 aliphatic heterocycles. The van der Waals surface area contributed by atoms with Gasteiger partial charge in [0.25, 0.3) is 0 Å². The second kappa shape index (κ2) is 9.00. The van der Waals surface area contributed by atoms with E-state index in [1.165, 1.54) is 17.9 Å². The van der Waals surface area contributed by atoms with Gasteiger partial charge in [-0.2, -0.15) is 0 Å². The summed E-state index contributed by atoms with van der Waals surface area (Å²) in [7, 11) is 0. The standard InChI is InChI=1S/C17H18F4N4O2S/c1-10(22)23-15(28)24-16(26)25-6-4-11(5-7-25)8-12-2-3-13(9-14(12)18)27-17(19,20)21/h2-3,8-9H,4-7H2,1H3,(H3,22,23,24,26,28). The van der Waals surface area contributed by atoms with Crippen molar-refractivity contribution in [3.05, 3.63) is 35.2 Å². The number of amidine groups is 1. The van der Waals surface area contributed by atoms with Crippen LogP contribution in [0.1, 0.15) is 25.3 Å². The number of likely N-dealkylation sites (tertiary alicyclic amines) is 1. The second-order valence-corrected chi connectivity index (χ2v) is 6.40. The lowest BCUT2D eigenvalue weighted by Gasteiger charge is -2.28. The molecule has 28 heavy (non-hydrogen) atoms. The third-order valence-electron chi connectivity index (χ3n) is 3.75. The van der Waals surface area contributed by atoms with E-state index in [0.717, 1.165) is 11.6 Å². The summed E-state index contributed by atoms with van der Waals surface area (Å²) in [5.74, 6) is -1.22. The number of hydrogen-bond acceptors (Lipinski definition) is 3. The molecule has 0 atom stereocenters. The average molecular weight is 418 g/mol. The first kappa shape index (κ1) is 21.6. The number of nitrogens with one attached hydrogen (secondary N) is 1. The largest absolute Gasteiger partial charge is 0.573 e. The lowest BCUT2D eigenvalue weighted by Crippen LogP contribution is -2.44. The van der Waals surface area contributed by atoms with Crippen molar-refractivity contribution < 1.29 is 27.1 Å². The molecule has 6 nitrogen and oxygen atoms in total. The van der Waals surface area contributed by atoms with Crippen molar-refractivity contribution in [1.29, 1.82) is 0 Å². The van der Waals surface area contributed by atoms with Gasteiger partial charge in [0.2, 0.25) is 5.11 Å². The number of carbonyl (C=O) groups excluding carboxylic acids is 1. The van der Waals surface area contributed by atoms with Crippen molar-refractivity contribution in [3.8, 4) is 5.75 Å². The van der Waals surface area contributed by atoms with E-state index in [1.54, 1.807) is 6.08 Å². The number of halogens is 4. The second-order valence-electron chi connectivity index (χ2n) is 6.01. The van der Waals surface area contributed by atoms with Crippen LogP contribution in [0.25, 0.3) is 6.08 Å². The molecule has 1 fully saturated rings. The summed E-state index contributed by atoms with van der Waals surface area (Å²) in [5, 5.41) is 2.41. The Hall–Kier alpha value is -2.69. The molecule has 1 aromatic carbocycles. The molecule has 2 amide bonds. The predicted octanol–water partition coefficient (Wildman–Crippen LogP) is 3.58. The van der Waals surface area contributed by atoms with Gasteiger partial charge in [0, 0.05) is 24.7 Å². The summed E-state index contributed by atoms with van der Waals surface area (Å²) in [5.41, 5.74) is 6.40. The first-order chi connectivity index (χ1) is 13.0. The molecule has 0 saturated carbocycles. The van der Waals surface area contributed by atoms with E-state index >= 15 is 0 Å². The molecule has 1 aliphatic rings. The first-order valence-corrected chi connectivity index (χ1v) is 8.60. The van der Waals surface area contributed by atoms with Gasteiger partial charge in [-0.1, -0.05) is 11.6 Å². The van der Waals surface area contributed by atoms with Gasteiger partial charge in [-0.3, -0.25) is 5.32 Å². The summed E-state index contributed by atoms with van der Waals surface area (Å²) in [6.45, 7) is 2.29. The highest BCUT2D eigenvalue weighted by molar-refractivity contribution is 7.80. The van der Waals surface area contributed by atoms with Crippen LogP contribution in [-0.4, -0.2) is 41.3 Å². The Morgan fingerprint density at radius 2 is 2.00 bits per heavy atom. The highest BCUT2D eigenvalue weighted by atomic mass is 32.1. The Kier molecular flexibility index (Phi) is 6.95. The van der Waals surface area contributed by atoms with E-state index in [-0.39, 0.29) is 16.5 Å². The number of amides is 2. The Morgan fingerprint density at radius 3 is 2.54 bits per heavy atom. The lowest BCUT2D eigenvalue weighted by atomic mass is 10.0. The van der Waals surface area contributed by atoms with Gasteiger partial charge in [-0.15, -0.1) is 13.2 Å². The molecular formula is C17H18F4N4O2S. The topological polar surface area (TPSA) is 79.9 Å². The van der Waals surface area contributed by atoms with E-state index in [2.05, 4.69) is 15.0 Å². The van der Waals surface area contributed by atoms with Crippen LogP contribution >= 0.6 is 12.2 Å². The molecule has 0 bridgehead atoms. The van der Waals surface area contributed by atoms with E-state index in [0.29, 0.717) is 32.0 Å². The van der Waals surface area contributed by atoms with Crippen LogP contribution in [0.4, 0.5) is 22.4 Å². The predicted molar refractivity (Wildman–Crippen MR) is 100 cm³/mol. The van der Waals surface area contributed by atoms with E-state index in [1.807, 2.05) is 0 Å². The highest BCUT2D eigenvalue weighted by Crippen LogP contribution is 2.26. The van der Waals surface area contributed by atoms with Crippen molar-refractivity contribution in [2.45, 2.75) is 26.1 Å². The molecule has 0 spiro atoms. The average Bonchev–Trinajstić information content (AvgIpc) is 2.55. The van der Waals surface area contributed by atoms with Crippen molar-refractivity contribution in [2.24, 2.45) is 10.7 Å². The summed E-state index contributed by atoms with van der Waals surface area (Å²) in [6, 6.07) is 2.54. The quantitative estimate of drug-likeness (QED) is 0.333. The van der Waals surface area contributed by atoms with Crippen molar-refractivity contribution >= 4 is 35.3 Å². The molecule has 0 radical (unpaired) electrons. The number of nitrogens with two attached hydrogens (primary N) is 1. The molecule has 152 valence electrons. The zero-order chi connectivity index (χ0) is 20.9. The van der Waals surface area contributed by atoms with E-state index < -0.39 is 24.0 Å². The van der Waals surface area contributed by atoms with Crippen LogP contribution < -0.4 is 15.8 Å². The van der Waals surface area contributed by atoms with Crippen LogP contribution in [0.15, 0.2) is 28.8 Å². The Balaban J connectivity index is 1.95. The van der Waals surface area contributed by atoms with Crippen molar-refractivity contribution in [2.75, 3.05) is 13.1 Å². The molecule has 0 aliphatic carbocycles. The van der Waals surface area contributed by atoms with Crippen LogP contribution in [0.5, 0.6) is 5.75 Å². The maximum atomic E-state index is 14.0. The number of benzene rings is 1. The molecule has 0 aromatic heterocycles. The monoisotopic (exact) mass is 418 g/mol. The minimum absolute atomic E-state index is 0.0328. The Morgan fingerprint density at radius 1 is 1.36 bits per heavy atom. The molecule has 1 aromatic rings. The molecule has 0 unspecified atom stereocenters. The molecule has 1 heterocycles. The van der Waals surface area contributed by atoms with Crippen LogP contribution in [-0.2, 0) is 0 Å². The fourth-order valence-corrected chi connectivity index (χ4v) is 2.77. The number of ether oxygens (including phenoxy) is 1. The summed E-state index contributed by atoms with van der Waals surface area (Å²) in [6.07, 6.45) is -2.34. The number of alkyl halides is 3. The first-order valence-electron chi connectivity index (χ1n) is 8.19. The maximum Gasteiger partial charge on any atom is 0.573 e. The van der Waals surface area contributed by atoms with Gasteiger partial charge >= 0.3 is 12.4 Å². The summed E-state index contributed by atoms with van der Waals surface area (Å²) >= 11 is 4.88. The van der Waals surface area contributed by atoms with E-state index in [9.17, 15) is 22.4 Å². The zero-order valence-corrected chi connectivity index (χ0v) is 15.7. The van der Waals surface area contributed by atoms with Gasteiger partial charge < -0.3 is 15.4 Å². The number of thiocarbonyl (C=S) groups is 1. The number of nitrogens with zero attached hydrogens (tertiary/aromatic N) is 2. The van der Waals surface area contributed by atoms with Crippen molar-refractivity contribution in [1.82, 2.24) is 10.2 Å². The molecule has 11 heteroatoms. The summed E-state index contributed by atoms with van der Waals surface area (Å²) in [4.78, 5) is 17.4. The van der Waals surface area contributed by atoms with Gasteiger partial charge in [0.1, 0.15) is 11.6 Å². The number of aliphatic imine (C=N–C) groups is 1. The molecule has 1 saturated heterocycles. The van der Waals surface area contributed by atoms with Crippen LogP contribution in [0.3, 0.4) is 0 Å². The number of carbonyl (C=O) groups is 1. The maximum absolute atomic E-state index is 14.0. The van der Waals surface area contributed by atoms with E-state index in [4.69, 9.17) is 18.0 Å². The minimum atomic E-state index is -4.88. The fourth-order valence-electron chi connectivity index (χ4n) is 2.54. The third kappa shape index (κ3) is 6.80. The smallest absolute Gasteiger partial charge is 0.406 e. The molecule has 3 N–H and O–H groups in total. The van der Waals surface area contributed by atoms with Gasteiger partial charge in [-0.25, -0.2) is 14.2 Å². The highest BCUT2D eigenvalue weighted by Gasteiger charge is 2.31. The fraction of sp³-hybridized carbons (Fsp3) is 0.353. The zero-order valence-electron chi connectivity index (χ0n) is 14.8. The summed E-state index contributed by atoms with van der Waals surface area (Å²) < 4.78 is 54.2. The Bertz CT molecular complexity index is 810. The van der Waals surface area contributed by atoms with Gasteiger partial charge in [-0.05, 0) is 44.1 Å². The number of hydrogen-bond donors (Lipinski definition) is 2.